The lowest BCUT2D eigenvalue weighted by Crippen LogP contribution is -2.58. The lowest BCUT2D eigenvalue weighted by molar-refractivity contribution is -0.130. The van der Waals surface area contributed by atoms with Gasteiger partial charge in [-0.1, -0.05) is 17.7 Å². The fraction of sp³-hybridized carbons (Fsp3) is 0.318. The fourth-order valence-corrected chi connectivity index (χ4v) is 3.51. The number of benzene rings is 2. The van der Waals surface area contributed by atoms with Crippen LogP contribution in [0.2, 0.25) is 0 Å². The average molecular weight is 395 g/mol. The minimum absolute atomic E-state index is 0.0407. The van der Waals surface area contributed by atoms with Crippen LogP contribution in [0.25, 0.3) is 0 Å². The van der Waals surface area contributed by atoms with Crippen molar-refractivity contribution in [2.45, 2.75) is 27.7 Å². The molecule has 0 bridgehead atoms. The van der Waals surface area contributed by atoms with E-state index in [1.54, 1.807) is 24.3 Å². The Balaban J connectivity index is 1.81. The number of nitrogens with zero attached hydrogens (tertiary/aromatic N) is 1. The van der Waals surface area contributed by atoms with Crippen LogP contribution in [0.5, 0.6) is 5.75 Å². The summed E-state index contributed by atoms with van der Waals surface area (Å²) in [6.45, 7) is 8.15. The summed E-state index contributed by atoms with van der Waals surface area (Å²) in [6.07, 6.45) is 0. The topological polar surface area (TPSA) is 87.7 Å². The maximum atomic E-state index is 13.0. The van der Waals surface area contributed by atoms with E-state index >= 15 is 0 Å². The van der Waals surface area contributed by atoms with Crippen molar-refractivity contribution in [1.82, 2.24) is 5.32 Å². The molecular weight excluding hydrogens is 370 g/mol. The van der Waals surface area contributed by atoms with Crippen LogP contribution >= 0.6 is 0 Å². The van der Waals surface area contributed by atoms with Gasteiger partial charge in [0, 0.05) is 12.2 Å². The Morgan fingerprint density at radius 2 is 1.76 bits per heavy atom. The molecule has 1 saturated heterocycles. The summed E-state index contributed by atoms with van der Waals surface area (Å²) in [7, 11) is 0. The fourth-order valence-electron chi connectivity index (χ4n) is 3.51. The van der Waals surface area contributed by atoms with Crippen LogP contribution in [-0.2, 0) is 9.59 Å². The molecule has 7 heteroatoms. The number of hydrogen-bond acceptors (Lipinski definition) is 4. The van der Waals surface area contributed by atoms with Gasteiger partial charge in [-0.05, 0) is 63.1 Å². The number of imide groups is 1. The summed E-state index contributed by atoms with van der Waals surface area (Å²) in [5, 5.41) is 5.49. The molecule has 1 aliphatic heterocycles. The molecule has 0 aromatic heterocycles. The van der Waals surface area contributed by atoms with Crippen molar-refractivity contribution in [3.05, 3.63) is 53.1 Å². The number of carbonyl (C=O) groups excluding carboxylic acids is 3. The monoisotopic (exact) mass is 395 g/mol. The third-order valence-electron chi connectivity index (χ3n) is 4.83. The third-order valence-corrected chi connectivity index (χ3v) is 4.83. The van der Waals surface area contributed by atoms with E-state index in [4.69, 9.17) is 4.74 Å². The predicted molar refractivity (Wildman–Crippen MR) is 111 cm³/mol. The number of carbonyl (C=O) groups is 3. The van der Waals surface area contributed by atoms with Gasteiger partial charge in [-0.3, -0.25) is 9.59 Å². The highest BCUT2D eigenvalue weighted by molar-refractivity contribution is 6.23. The smallest absolute Gasteiger partial charge is 0.328 e. The van der Waals surface area contributed by atoms with Crippen LogP contribution in [0.3, 0.4) is 0 Å². The maximum Gasteiger partial charge on any atom is 0.328 e. The Morgan fingerprint density at radius 1 is 1.14 bits per heavy atom. The van der Waals surface area contributed by atoms with Crippen LogP contribution < -0.4 is 20.3 Å². The molecule has 1 aliphatic rings. The zero-order chi connectivity index (χ0) is 21.1. The number of rotatable bonds is 5. The molecule has 0 aliphatic carbocycles. The Labute approximate surface area is 170 Å². The van der Waals surface area contributed by atoms with Gasteiger partial charge in [0.15, 0.2) is 0 Å². The van der Waals surface area contributed by atoms with E-state index in [2.05, 4.69) is 10.6 Å². The molecular formula is C22H25N3O4. The molecule has 3 rings (SSSR count). The summed E-state index contributed by atoms with van der Waals surface area (Å²) < 4.78 is 5.39. The summed E-state index contributed by atoms with van der Waals surface area (Å²) in [4.78, 5) is 39.2. The van der Waals surface area contributed by atoms with Crippen molar-refractivity contribution < 1.29 is 19.1 Å². The van der Waals surface area contributed by atoms with E-state index in [1.165, 1.54) is 0 Å². The van der Waals surface area contributed by atoms with Crippen molar-refractivity contribution in [2.75, 3.05) is 23.4 Å². The van der Waals surface area contributed by atoms with E-state index in [-0.39, 0.29) is 6.54 Å². The first-order chi connectivity index (χ1) is 13.8. The number of hydrogen-bond donors (Lipinski definition) is 2. The molecule has 0 saturated carbocycles. The zero-order valence-corrected chi connectivity index (χ0v) is 17.0. The number of ether oxygens (including phenoxy) is 1. The first-order valence-corrected chi connectivity index (χ1v) is 9.55. The second-order valence-corrected chi connectivity index (χ2v) is 7.10. The van der Waals surface area contributed by atoms with Crippen molar-refractivity contribution in [1.29, 1.82) is 0 Å². The molecule has 0 spiro atoms. The highest BCUT2D eigenvalue weighted by atomic mass is 16.5. The molecule has 4 amide bonds. The molecule has 1 atom stereocenters. The third kappa shape index (κ3) is 4.23. The van der Waals surface area contributed by atoms with E-state index in [9.17, 15) is 14.4 Å². The maximum absolute atomic E-state index is 13.0. The first kappa shape index (κ1) is 20.4. The van der Waals surface area contributed by atoms with Gasteiger partial charge in [0.05, 0.1) is 12.3 Å². The molecule has 29 heavy (non-hydrogen) atoms. The van der Waals surface area contributed by atoms with Gasteiger partial charge in [-0.2, -0.15) is 0 Å². The van der Waals surface area contributed by atoms with Gasteiger partial charge in [-0.25, -0.2) is 9.69 Å². The Hall–Kier alpha value is -3.35. The molecule has 7 nitrogen and oxygen atoms in total. The molecule has 152 valence electrons. The van der Waals surface area contributed by atoms with Gasteiger partial charge >= 0.3 is 6.03 Å². The van der Waals surface area contributed by atoms with Crippen LogP contribution in [0.4, 0.5) is 16.2 Å². The number of nitrogens with one attached hydrogen (secondary N) is 2. The molecule has 2 aromatic carbocycles. The summed E-state index contributed by atoms with van der Waals surface area (Å²) in [5.41, 5.74) is 4.02. The number of anilines is 2. The summed E-state index contributed by atoms with van der Waals surface area (Å²) in [5.74, 6) is -1.38. The van der Waals surface area contributed by atoms with Gasteiger partial charge in [0.25, 0.3) is 0 Å². The first-order valence-electron chi connectivity index (χ1n) is 9.55. The molecule has 1 unspecified atom stereocenters. The number of aryl methyl sites for hydroxylation is 3. The van der Waals surface area contributed by atoms with Crippen LogP contribution in [0.15, 0.2) is 36.4 Å². The normalized spacial score (nSPS) is 16.4. The van der Waals surface area contributed by atoms with Crippen LogP contribution in [-0.4, -0.2) is 31.0 Å². The second-order valence-electron chi connectivity index (χ2n) is 7.10. The van der Waals surface area contributed by atoms with E-state index in [1.807, 2.05) is 39.8 Å². The van der Waals surface area contributed by atoms with Gasteiger partial charge in [-0.15, -0.1) is 0 Å². The second kappa shape index (κ2) is 8.34. The predicted octanol–water partition coefficient (Wildman–Crippen LogP) is 3.32. The Kier molecular flexibility index (Phi) is 5.87. The van der Waals surface area contributed by atoms with E-state index < -0.39 is 23.8 Å². The largest absolute Gasteiger partial charge is 0.494 e. The molecule has 0 radical (unpaired) electrons. The standard InChI is InChI=1S/C22H25N3O4/c1-5-29-17-8-6-16(7-9-17)25-21(27)18(12-23-22(25)28)20(26)24-19-14(3)10-13(2)11-15(19)4/h6-11,18H,5,12H2,1-4H3,(H,23,28)(H,24,26). The van der Waals surface area contributed by atoms with Gasteiger partial charge in [0.1, 0.15) is 11.7 Å². The van der Waals surface area contributed by atoms with Gasteiger partial charge in [0.2, 0.25) is 11.8 Å². The van der Waals surface area contributed by atoms with Gasteiger partial charge < -0.3 is 15.4 Å². The highest BCUT2D eigenvalue weighted by Gasteiger charge is 2.39. The Bertz CT molecular complexity index is 930. The quantitative estimate of drug-likeness (QED) is 0.760. The molecule has 2 N–H and O–H groups in total. The zero-order valence-electron chi connectivity index (χ0n) is 17.0. The Morgan fingerprint density at radius 3 is 2.34 bits per heavy atom. The van der Waals surface area contributed by atoms with Crippen LogP contribution in [0, 0.1) is 26.7 Å². The lowest BCUT2D eigenvalue weighted by Gasteiger charge is -2.31. The van der Waals surface area contributed by atoms with Crippen molar-refractivity contribution in [3.8, 4) is 5.75 Å². The molecule has 1 heterocycles. The minimum Gasteiger partial charge on any atom is -0.494 e. The van der Waals surface area contributed by atoms with Crippen molar-refractivity contribution in [2.24, 2.45) is 5.92 Å². The molecule has 1 fully saturated rings. The summed E-state index contributed by atoms with van der Waals surface area (Å²) >= 11 is 0. The number of amides is 4. The number of urea groups is 1. The van der Waals surface area contributed by atoms with Crippen molar-refractivity contribution >= 4 is 29.2 Å². The van der Waals surface area contributed by atoms with E-state index in [0.29, 0.717) is 23.7 Å². The highest BCUT2D eigenvalue weighted by Crippen LogP contribution is 2.26. The SMILES string of the molecule is CCOc1ccc(N2C(=O)NCC(C(=O)Nc3c(C)cc(C)cc3C)C2=O)cc1. The lowest BCUT2D eigenvalue weighted by atomic mass is 10.0. The minimum atomic E-state index is -1.01. The van der Waals surface area contributed by atoms with Crippen molar-refractivity contribution in [3.63, 3.8) is 0 Å². The van der Waals surface area contributed by atoms with E-state index in [0.717, 1.165) is 21.6 Å². The summed E-state index contributed by atoms with van der Waals surface area (Å²) in [6, 6.07) is 10.0. The average Bonchev–Trinajstić information content (AvgIpc) is 2.66. The molecule has 2 aromatic rings. The van der Waals surface area contributed by atoms with Crippen LogP contribution in [0.1, 0.15) is 23.6 Å².